The van der Waals surface area contributed by atoms with Crippen LogP contribution in [0.5, 0.6) is 0 Å². The fourth-order valence-electron chi connectivity index (χ4n) is 7.52. The Hall–Kier alpha value is -0.911. The van der Waals surface area contributed by atoms with Crippen molar-refractivity contribution in [2.45, 2.75) is 82.5 Å². The fraction of sp³-hybridized carbons (Fsp3) is 0.600. The monoisotopic (exact) mass is 1310 g/mol. The van der Waals surface area contributed by atoms with Crippen LogP contribution in [0.1, 0.15) is 50.1 Å². The Morgan fingerprint density at radius 2 is 0.653 bits per heavy atom. The second kappa shape index (κ2) is 37.9. The summed E-state index contributed by atoms with van der Waals surface area (Å²) in [7, 11) is -11.4. The van der Waals surface area contributed by atoms with Gasteiger partial charge in [-0.25, -0.2) is 33.7 Å². The van der Waals surface area contributed by atoms with E-state index in [0.717, 1.165) is 16.7 Å². The fourth-order valence-corrected chi connectivity index (χ4v) is 11.7. The van der Waals surface area contributed by atoms with Crippen LogP contribution in [0.3, 0.4) is 0 Å². The minimum Gasteiger partial charge on any atom is -0.870 e. The van der Waals surface area contributed by atoms with Crippen molar-refractivity contribution in [3.8, 4) is 0 Å². The number of likely N-dealkylation sites (N-methyl/N-ethyl adjacent to an activating group) is 3. The largest absolute Gasteiger partial charge is 5.00 e. The van der Waals surface area contributed by atoms with Crippen LogP contribution in [-0.2, 0) is 74.3 Å². The zero-order valence-corrected chi connectivity index (χ0v) is 52.6. The number of halogens is 7. The quantitative estimate of drug-likeness (QED) is 0.0597. The van der Waals surface area contributed by atoms with Gasteiger partial charge in [-0.1, -0.05) is 53.1 Å². The van der Waals surface area contributed by atoms with E-state index in [1.165, 1.54) is 39.3 Å². The molecular formula is C45H71Cl4F3Fe2N7O10S4+4. The van der Waals surface area contributed by atoms with Crippen LogP contribution in [0.15, 0.2) is 51.1 Å². The van der Waals surface area contributed by atoms with Crippen molar-refractivity contribution in [3.63, 3.8) is 0 Å². The van der Waals surface area contributed by atoms with Gasteiger partial charge >= 0.3 is 39.6 Å². The van der Waals surface area contributed by atoms with Crippen LogP contribution in [0.25, 0.3) is 14.2 Å². The number of rotatable bonds is 15. The molecule has 1 N–H and O–H groups in total. The molecule has 4 rings (SSSR count). The molecule has 3 aromatic carbocycles. The van der Waals surface area contributed by atoms with Crippen molar-refractivity contribution in [2.24, 2.45) is 0 Å². The van der Waals surface area contributed by atoms with Gasteiger partial charge in [0.15, 0.2) is 10.1 Å². The molecule has 0 unspecified atom stereocenters. The molecule has 1 fully saturated rings. The topological polar surface area (TPSA) is 245 Å². The summed E-state index contributed by atoms with van der Waals surface area (Å²) in [6.07, 6.45) is 0. The summed E-state index contributed by atoms with van der Waals surface area (Å²) in [5.74, 6) is 0. The third-order valence-electron chi connectivity index (χ3n) is 10.5. The molecule has 0 amide bonds. The maximum Gasteiger partial charge on any atom is 5.00 e. The van der Waals surface area contributed by atoms with Crippen molar-refractivity contribution in [1.29, 1.82) is 0 Å². The summed E-state index contributed by atoms with van der Waals surface area (Å²) in [5.41, 5.74) is 0.836. The van der Waals surface area contributed by atoms with Gasteiger partial charge in [0.1, 0.15) is 30.1 Å². The minimum absolute atomic E-state index is 0. The molecule has 0 atom stereocenters. The maximum absolute atomic E-state index is 13.2. The van der Waals surface area contributed by atoms with Gasteiger partial charge < -0.3 is 43.8 Å². The molecule has 0 bridgehead atoms. The van der Waals surface area contributed by atoms with E-state index in [-0.39, 0.29) is 104 Å². The summed E-state index contributed by atoms with van der Waals surface area (Å²) < 4.78 is 150. The Morgan fingerprint density at radius 1 is 0.493 bits per heavy atom. The first-order valence-corrected chi connectivity index (χ1v) is 30.0. The zero-order valence-electron chi connectivity index (χ0n) is 44.1. The van der Waals surface area contributed by atoms with Crippen molar-refractivity contribution >= 4 is 86.6 Å². The summed E-state index contributed by atoms with van der Waals surface area (Å²) in [6, 6.07) is 10.8. The van der Waals surface area contributed by atoms with Crippen molar-refractivity contribution in [2.75, 3.05) is 110 Å². The van der Waals surface area contributed by atoms with Crippen LogP contribution >= 0.6 is 46.4 Å². The predicted molar refractivity (Wildman–Crippen MR) is 288 cm³/mol. The average molecular weight is 1310 g/mol. The van der Waals surface area contributed by atoms with Gasteiger partial charge in [0.05, 0.1) is 25.4 Å². The molecule has 431 valence electrons. The van der Waals surface area contributed by atoms with E-state index in [1.54, 1.807) is 82.8 Å². The molecule has 75 heavy (non-hydrogen) atoms. The third kappa shape index (κ3) is 30.5. The number of hydrogen-bond acceptors (Lipinski definition) is 14. The van der Waals surface area contributed by atoms with Crippen LogP contribution in [0.4, 0.5) is 13.2 Å². The van der Waals surface area contributed by atoms with Gasteiger partial charge in [-0.2, -0.15) is 13.2 Å². The maximum atomic E-state index is 13.2. The normalized spacial score (nSPS) is 13.9. The molecule has 3 aromatic rings. The van der Waals surface area contributed by atoms with Crippen molar-refractivity contribution in [1.82, 2.24) is 19.6 Å². The van der Waals surface area contributed by atoms with E-state index in [1.807, 2.05) is 20.8 Å². The molecule has 0 aliphatic carbocycles. The van der Waals surface area contributed by atoms with Crippen LogP contribution in [-0.4, -0.2) is 179 Å². The zero-order chi connectivity index (χ0) is 56.0. The molecule has 1 radical (unpaired) electrons. The van der Waals surface area contributed by atoms with Gasteiger partial charge in [0, 0.05) is 39.3 Å². The van der Waals surface area contributed by atoms with Crippen molar-refractivity contribution in [3.05, 3.63) is 101 Å². The standard InChI is InChI=1S/C33H45N4O6S3.C9H21N3.2CH2Cl2.CHF3O3S.2Fe.H2O/c1-22-16-25(4)31(26(5)17-22)44(38,39)34-10-13-37(14-11-35-45(40,41)32-27(6)18-23(2)19-28(32)7)15-12-36-46(42,43)33-29(8)20-24(3)21-30(33)9;1-10-4-6-11(2)8-9-12(3)7-5-10;2*2-1-3;2-1(3,4)8(5,6)7;;;/h16-21H,10-15H2,1-9H3;4-9H2,1-3H3;2*1H2;(H,5,6,7);;;1H2/q-3;;;;;+4;+5;/p-2. The third-order valence-corrected chi connectivity index (χ3v) is 16.1. The van der Waals surface area contributed by atoms with Crippen LogP contribution in [0.2, 0.25) is 0 Å². The Kier molecular flexibility index (Phi) is 40.7. The molecule has 30 heteroatoms. The Balaban J connectivity index is -0.000000712. The minimum atomic E-state index is -6.09. The second-order valence-corrected chi connectivity index (χ2v) is 24.9. The number of sulfonamides is 3. The first-order valence-electron chi connectivity index (χ1n) is 22.1. The summed E-state index contributed by atoms with van der Waals surface area (Å²) in [6.45, 7) is 23.3. The smallest absolute Gasteiger partial charge is 0.870 e. The Bertz CT molecular complexity index is 2310. The SMILES string of the molecule is CN1CCN(C)CCN(C)CC1.Cc1cc(C)c(S(=O)(=O)[N-]CCN(CC[N-]S(=O)(=O)c2c(C)cc(C)cc2C)CC[N-]S(=O)(=O)c2c(C)cc(C)cc2C)c(C)c1.ClCCl.ClCCl.O=S(=O)([O-])C(F)(F)F.[Fe+4].[Fe+5].[OH-]. The number of hydrogen-bond donors (Lipinski definition) is 0. The second-order valence-electron chi connectivity index (χ2n) is 17.0. The molecule has 0 saturated carbocycles. The van der Waals surface area contributed by atoms with Gasteiger partial charge in [-0.15, -0.1) is 66.0 Å². The Morgan fingerprint density at radius 3 is 0.800 bits per heavy atom. The number of aryl methyl sites for hydroxylation is 9. The molecule has 1 saturated heterocycles. The van der Waals surface area contributed by atoms with E-state index in [2.05, 4.69) is 50.0 Å². The summed E-state index contributed by atoms with van der Waals surface area (Å²) >= 11 is 19.1. The molecule has 1 heterocycles. The van der Waals surface area contributed by atoms with Crippen molar-refractivity contribution < 1.29 is 91.0 Å². The number of benzene rings is 3. The van der Waals surface area contributed by atoms with E-state index in [0.29, 0.717) is 33.4 Å². The summed E-state index contributed by atoms with van der Waals surface area (Å²) in [4.78, 5) is 9.43. The number of alkyl halides is 7. The number of nitrogens with zero attached hydrogens (tertiary/aromatic N) is 7. The molecule has 0 spiro atoms. The van der Waals surface area contributed by atoms with Gasteiger partial charge in [-0.3, -0.25) is 0 Å². The first-order chi connectivity index (χ1) is 33.0. The molecule has 0 aromatic heterocycles. The molecule has 1 aliphatic rings. The van der Waals surface area contributed by atoms with E-state index < -0.39 is 45.7 Å². The van der Waals surface area contributed by atoms with E-state index in [9.17, 15) is 38.4 Å². The first kappa shape index (κ1) is 80.6. The van der Waals surface area contributed by atoms with E-state index in [4.69, 9.17) is 59.4 Å². The molecule has 17 nitrogen and oxygen atoms in total. The van der Waals surface area contributed by atoms with Gasteiger partial charge in [0.25, 0.3) is 0 Å². The van der Waals surface area contributed by atoms with Crippen LogP contribution < -0.4 is 0 Å². The average Bonchev–Trinajstić information content (AvgIpc) is 3.26. The summed E-state index contributed by atoms with van der Waals surface area (Å²) in [5, 5.41) is 0.389. The molecular weight excluding hydrogens is 1240 g/mol. The van der Waals surface area contributed by atoms with Gasteiger partial charge in [0.2, 0.25) is 0 Å². The van der Waals surface area contributed by atoms with E-state index >= 15 is 0 Å². The van der Waals surface area contributed by atoms with Gasteiger partial charge in [-0.05, 0) is 136 Å². The Labute approximate surface area is 486 Å². The van der Waals surface area contributed by atoms with Crippen LogP contribution in [0, 0.1) is 62.3 Å². The molecule has 1 aliphatic heterocycles. The predicted octanol–water partition coefficient (Wildman–Crippen LogP) is 8.86.